The third kappa shape index (κ3) is 2.34. The Morgan fingerprint density at radius 2 is 1.79 bits per heavy atom. The number of rotatable bonds is 3. The summed E-state index contributed by atoms with van der Waals surface area (Å²) in [6.07, 6.45) is 5.68. The molecule has 2 bridgehead atoms. The van der Waals surface area contributed by atoms with Gasteiger partial charge in [-0.3, -0.25) is 13.8 Å². The number of methoxy groups -OCH3 is 1. The minimum Gasteiger partial charge on any atom is -0.496 e. The maximum Gasteiger partial charge on any atom is 0.184 e. The highest BCUT2D eigenvalue weighted by molar-refractivity contribution is 7.87. The van der Waals surface area contributed by atoms with Gasteiger partial charge in [0.05, 0.1) is 29.4 Å². The summed E-state index contributed by atoms with van der Waals surface area (Å²) in [5.41, 5.74) is 1.75. The topological polar surface area (TPSA) is 60.4 Å². The fourth-order valence-corrected chi connectivity index (χ4v) is 7.46. The first-order valence-corrected chi connectivity index (χ1v) is 11.1. The van der Waals surface area contributed by atoms with Gasteiger partial charge < -0.3 is 4.74 Å². The second-order valence-corrected chi connectivity index (χ2v) is 9.85. The zero-order valence-corrected chi connectivity index (χ0v) is 17.2. The summed E-state index contributed by atoms with van der Waals surface area (Å²) in [4.78, 5) is 28.4. The standard InChI is InChI=1S/C24H22O4S/c1-14-6-12-17(13-7-14)29(27)24-16-10-8-15(9-11-16)21(24)22(25)20-18(23(24)26)4-3-5-19(20)28-2/h3-8,10,12-13,15-16,21H,9,11H2,1-2H3/t15-,16+,21+,24-,29-/m0/s1. The van der Waals surface area contributed by atoms with Crippen LogP contribution in [0.15, 0.2) is 59.5 Å². The van der Waals surface area contributed by atoms with Crippen LogP contribution in [0.3, 0.4) is 0 Å². The van der Waals surface area contributed by atoms with E-state index in [0.717, 1.165) is 18.4 Å². The van der Waals surface area contributed by atoms with Crippen LogP contribution >= 0.6 is 0 Å². The van der Waals surface area contributed by atoms with Crippen LogP contribution in [0, 0.1) is 24.7 Å². The van der Waals surface area contributed by atoms with Gasteiger partial charge in [0.25, 0.3) is 0 Å². The molecule has 0 unspecified atom stereocenters. The summed E-state index contributed by atoms with van der Waals surface area (Å²) >= 11 is 0. The molecule has 0 heterocycles. The zero-order chi connectivity index (χ0) is 20.3. The SMILES string of the molecule is COc1cccc2c1C(=O)[C@H]1[C@H]3C=C[C@H](CC3)[C@@]1([S@@](=O)c1ccc(C)cc1)C2=O. The van der Waals surface area contributed by atoms with E-state index in [1.54, 1.807) is 18.2 Å². The average Bonchev–Trinajstić information content (AvgIpc) is 2.77. The Balaban J connectivity index is 1.78. The van der Waals surface area contributed by atoms with Crippen LogP contribution in [0.1, 0.15) is 39.1 Å². The molecule has 4 nitrogen and oxygen atoms in total. The largest absolute Gasteiger partial charge is 0.496 e. The monoisotopic (exact) mass is 406 g/mol. The molecule has 4 aliphatic rings. The zero-order valence-electron chi connectivity index (χ0n) is 16.4. The Hall–Kier alpha value is -2.53. The van der Waals surface area contributed by atoms with Crippen molar-refractivity contribution < 1.29 is 18.5 Å². The molecule has 1 saturated carbocycles. The van der Waals surface area contributed by atoms with Crippen LogP contribution in [0.4, 0.5) is 0 Å². The molecule has 29 heavy (non-hydrogen) atoms. The number of carbonyl (C=O) groups is 2. The highest BCUT2D eigenvalue weighted by Gasteiger charge is 2.66. The predicted octanol–water partition coefficient (Wildman–Crippen LogP) is 4.14. The fraction of sp³-hybridized carbons (Fsp3) is 0.333. The average molecular weight is 407 g/mol. The number of fused-ring (bicyclic) bond motifs is 2. The van der Waals surface area contributed by atoms with Crippen molar-refractivity contribution in [2.75, 3.05) is 7.11 Å². The van der Waals surface area contributed by atoms with Crippen molar-refractivity contribution in [3.05, 3.63) is 71.3 Å². The molecule has 1 fully saturated rings. The van der Waals surface area contributed by atoms with Crippen molar-refractivity contribution in [3.63, 3.8) is 0 Å². The maximum absolute atomic E-state index is 14.1. The molecule has 2 aromatic carbocycles. The third-order valence-corrected chi connectivity index (χ3v) is 8.81. The van der Waals surface area contributed by atoms with Gasteiger partial charge in [-0.05, 0) is 43.9 Å². The highest BCUT2D eigenvalue weighted by atomic mass is 32.2. The van der Waals surface area contributed by atoms with Crippen LogP contribution in [-0.2, 0) is 10.8 Å². The summed E-state index contributed by atoms with van der Waals surface area (Å²) < 4.78 is 18.2. The lowest BCUT2D eigenvalue weighted by Gasteiger charge is -2.53. The minimum absolute atomic E-state index is 0.0797. The van der Waals surface area contributed by atoms with Gasteiger partial charge in [-0.2, -0.15) is 0 Å². The van der Waals surface area contributed by atoms with Crippen LogP contribution < -0.4 is 4.74 Å². The Kier molecular flexibility index (Phi) is 4.14. The molecule has 6 rings (SSSR count). The molecule has 148 valence electrons. The Bertz CT molecular complexity index is 1080. The molecule has 0 radical (unpaired) electrons. The van der Waals surface area contributed by atoms with E-state index in [1.165, 1.54) is 7.11 Å². The number of ketones is 2. The number of hydrogen-bond donors (Lipinski definition) is 0. The van der Waals surface area contributed by atoms with E-state index in [2.05, 4.69) is 6.08 Å². The van der Waals surface area contributed by atoms with Crippen LogP contribution in [0.2, 0.25) is 0 Å². The minimum atomic E-state index is -1.64. The summed E-state index contributed by atoms with van der Waals surface area (Å²) in [6.45, 7) is 1.97. The first-order valence-electron chi connectivity index (χ1n) is 9.93. The summed E-state index contributed by atoms with van der Waals surface area (Å²) in [6, 6.07) is 12.6. The summed E-state index contributed by atoms with van der Waals surface area (Å²) in [5, 5.41) is 0. The van der Waals surface area contributed by atoms with Crippen molar-refractivity contribution in [1.82, 2.24) is 0 Å². The van der Waals surface area contributed by atoms with Crippen molar-refractivity contribution in [3.8, 4) is 5.75 Å². The van der Waals surface area contributed by atoms with E-state index < -0.39 is 21.5 Å². The van der Waals surface area contributed by atoms with Crippen LogP contribution in [-0.4, -0.2) is 27.6 Å². The summed E-state index contributed by atoms with van der Waals surface area (Å²) in [7, 11) is -0.138. The van der Waals surface area contributed by atoms with Gasteiger partial charge in [-0.1, -0.05) is 42.0 Å². The number of aryl methyl sites for hydroxylation is 1. The Morgan fingerprint density at radius 3 is 2.45 bits per heavy atom. The van der Waals surface area contributed by atoms with Gasteiger partial charge in [0, 0.05) is 16.4 Å². The van der Waals surface area contributed by atoms with Crippen molar-refractivity contribution in [1.29, 1.82) is 0 Å². The number of Topliss-reactive ketones (excluding diaryl/α,β-unsaturated/α-hetero) is 2. The molecule has 0 aliphatic heterocycles. The van der Waals surface area contributed by atoms with Gasteiger partial charge in [-0.15, -0.1) is 0 Å². The number of benzene rings is 2. The maximum atomic E-state index is 14.1. The summed E-state index contributed by atoms with van der Waals surface area (Å²) in [5.74, 6) is -0.796. The predicted molar refractivity (Wildman–Crippen MR) is 111 cm³/mol. The first kappa shape index (κ1) is 18.5. The molecule has 5 atom stereocenters. The smallest absolute Gasteiger partial charge is 0.184 e. The highest BCUT2D eigenvalue weighted by Crippen LogP contribution is 2.57. The van der Waals surface area contributed by atoms with E-state index >= 15 is 0 Å². The van der Waals surface area contributed by atoms with Crippen molar-refractivity contribution >= 4 is 22.4 Å². The normalized spacial score (nSPS) is 30.6. The molecule has 5 heteroatoms. The Labute approximate surface area is 172 Å². The van der Waals surface area contributed by atoms with E-state index in [9.17, 15) is 13.8 Å². The fourth-order valence-electron chi connectivity index (χ4n) is 5.43. The second kappa shape index (κ2) is 6.49. The van der Waals surface area contributed by atoms with Gasteiger partial charge in [-0.25, -0.2) is 0 Å². The van der Waals surface area contributed by atoms with E-state index in [1.807, 2.05) is 37.3 Å². The molecule has 0 amide bonds. The van der Waals surface area contributed by atoms with Gasteiger partial charge in [0.15, 0.2) is 11.6 Å². The number of carbonyl (C=O) groups excluding carboxylic acids is 2. The van der Waals surface area contributed by atoms with Gasteiger partial charge >= 0.3 is 0 Å². The van der Waals surface area contributed by atoms with Gasteiger partial charge in [0.1, 0.15) is 10.5 Å². The van der Waals surface area contributed by atoms with Crippen LogP contribution in [0.25, 0.3) is 0 Å². The van der Waals surface area contributed by atoms with Crippen molar-refractivity contribution in [2.24, 2.45) is 17.8 Å². The lowest BCUT2D eigenvalue weighted by Crippen LogP contribution is -2.65. The Morgan fingerprint density at radius 1 is 1.03 bits per heavy atom. The molecular formula is C24H22O4S. The quantitative estimate of drug-likeness (QED) is 0.719. The number of hydrogen-bond acceptors (Lipinski definition) is 4. The van der Waals surface area contributed by atoms with Crippen LogP contribution in [0.5, 0.6) is 5.75 Å². The second-order valence-electron chi connectivity index (χ2n) is 8.16. The molecule has 2 aromatic rings. The third-order valence-electron chi connectivity index (χ3n) is 6.76. The van der Waals surface area contributed by atoms with Crippen molar-refractivity contribution in [2.45, 2.75) is 29.4 Å². The van der Waals surface area contributed by atoms with Gasteiger partial charge in [0.2, 0.25) is 0 Å². The van der Waals surface area contributed by atoms with E-state index in [0.29, 0.717) is 21.8 Å². The molecule has 0 saturated heterocycles. The van der Waals surface area contributed by atoms with E-state index in [4.69, 9.17) is 4.74 Å². The number of ether oxygens (including phenoxy) is 1. The lowest BCUT2D eigenvalue weighted by molar-refractivity contribution is 0.0581. The van der Waals surface area contributed by atoms with E-state index in [-0.39, 0.29) is 23.4 Å². The molecule has 0 N–H and O–H groups in total. The number of allylic oxidation sites excluding steroid dienone is 2. The first-order chi connectivity index (χ1) is 14.0. The molecule has 0 aromatic heterocycles. The molecule has 4 aliphatic carbocycles. The molecular weight excluding hydrogens is 384 g/mol. The lowest BCUT2D eigenvalue weighted by atomic mass is 9.55. The molecule has 0 spiro atoms.